The number of primary amides is 1. The third-order valence-electron chi connectivity index (χ3n) is 0.595. The van der Waals surface area contributed by atoms with Crippen molar-refractivity contribution in [1.82, 2.24) is 0 Å². The molecule has 0 rings (SSSR count). The lowest BCUT2D eigenvalue weighted by Crippen LogP contribution is -2.21. The van der Waals surface area contributed by atoms with E-state index in [-0.39, 0.29) is 10.2 Å². The number of carbonyl (C=O) groups excluding carboxylic acids is 1. The summed E-state index contributed by atoms with van der Waals surface area (Å²) in [4.78, 5) is 10.2. The van der Waals surface area contributed by atoms with E-state index in [1.165, 1.54) is 0 Å². The molecule has 3 heteroatoms. The number of amides is 1. The molecule has 48 valence electrons. The smallest absolute Gasteiger partial charge is 0.218 e. The van der Waals surface area contributed by atoms with Crippen molar-refractivity contribution in [3.63, 3.8) is 0 Å². The van der Waals surface area contributed by atoms with Crippen LogP contribution in [0.3, 0.4) is 0 Å². The van der Waals surface area contributed by atoms with E-state index in [0.29, 0.717) is 6.42 Å². The summed E-state index contributed by atoms with van der Waals surface area (Å²) in [5.41, 5.74) is 4.91. The van der Waals surface area contributed by atoms with Crippen LogP contribution >= 0.6 is 15.9 Å². The van der Waals surface area contributed by atoms with E-state index >= 15 is 0 Å². The van der Waals surface area contributed by atoms with Gasteiger partial charge in [-0.15, -0.1) is 0 Å². The number of hydrogen-bond donors (Lipinski definition) is 1. The van der Waals surface area contributed by atoms with Crippen molar-refractivity contribution in [1.29, 1.82) is 0 Å². The highest BCUT2D eigenvalue weighted by atomic mass is 79.9. The van der Waals surface area contributed by atoms with Crippen LogP contribution in [0.25, 0.3) is 0 Å². The van der Waals surface area contributed by atoms with Crippen molar-refractivity contribution in [3.8, 4) is 0 Å². The van der Waals surface area contributed by atoms with Crippen LogP contribution in [0.1, 0.15) is 20.3 Å². The van der Waals surface area contributed by atoms with Crippen molar-refractivity contribution in [2.24, 2.45) is 5.73 Å². The maximum absolute atomic E-state index is 10.2. The summed E-state index contributed by atoms with van der Waals surface area (Å²) in [5, 5.41) is 0. The third-order valence-corrected chi connectivity index (χ3v) is 0.875. The average Bonchev–Trinajstić information content (AvgIpc) is 1.21. The molecule has 0 aliphatic rings. The predicted octanol–water partition coefficient (Wildman–Crippen LogP) is 1.04. The van der Waals surface area contributed by atoms with Gasteiger partial charge in [0, 0.05) is 10.7 Å². The van der Waals surface area contributed by atoms with E-state index in [0.717, 1.165) is 0 Å². The lowest BCUT2D eigenvalue weighted by molar-refractivity contribution is -0.118. The largest absolute Gasteiger partial charge is 0.370 e. The Kier molecular flexibility index (Phi) is 2.47. The standard InChI is InChI=1S/C5H10BrNO/c1-5(2,6)3-4(7)8/h3H2,1-2H3,(H2,7,8). The molecule has 2 N–H and O–H groups in total. The fraction of sp³-hybridized carbons (Fsp3) is 0.800. The zero-order valence-corrected chi connectivity index (χ0v) is 6.66. The maximum atomic E-state index is 10.2. The first-order valence-electron chi connectivity index (χ1n) is 2.39. The molecular weight excluding hydrogens is 170 g/mol. The van der Waals surface area contributed by atoms with E-state index in [2.05, 4.69) is 15.9 Å². The molecule has 0 radical (unpaired) electrons. The summed E-state index contributed by atoms with van der Waals surface area (Å²) in [6, 6.07) is 0. The minimum absolute atomic E-state index is 0.140. The second-order valence-corrected chi connectivity index (χ2v) is 4.51. The van der Waals surface area contributed by atoms with Gasteiger partial charge in [0.1, 0.15) is 0 Å². The van der Waals surface area contributed by atoms with E-state index in [4.69, 9.17) is 5.73 Å². The highest BCUT2D eigenvalue weighted by Gasteiger charge is 2.14. The summed E-state index contributed by atoms with van der Waals surface area (Å²) >= 11 is 3.28. The monoisotopic (exact) mass is 179 g/mol. The van der Waals surface area contributed by atoms with Gasteiger partial charge in [-0.1, -0.05) is 15.9 Å². The Balaban J connectivity index is 3.55. The molecule has 0 unspecified atom stereocenters. The quantitative estimate of drug-likeness (QED) is 0.633. The number of carbonyl (C=O) groups is 1. The van der Waals surface area contributed by atoms with Gasteiger partial charge in [-0.3, -0.25) is 4.79 Å². The molecule has 0 aliphatic heterocycles. The molecule has 1 amide bonds. The van der Waals surface area contributed by atoms with E-state index in [1.54, 1.807) is 0 Å². The maximum Gasteiger partial charge on any atom is 0.218 e. The Morgan fingerprint density at radius 2 is 2.12 bits per heavy atom. The molecule has 0 saturated carbocycles. The Morgan fingerprint density at radius 3 is 2.12 bits per heavy atom. The Labute approximate surface area is 57.6 Å². The van der Waals surface area contributed by atoms with Crippen molar-refractivity contribution >= 4 is 21.8 Å². The first-order chi connectivity index (χ1) is 3.42. The van der Waals surface area contributed by atoms with Crippen LogP contribution in [-0.2, 0) is 4.79 Å². The molecule has 0 saturated heterocycles. The van der Waals surface area contributed by atoms with Crippen LogP contribution < -0.4 is 5.73 Å². The van der Waals surface area contributed by atoms with Gasteiger partial charge in [0.15, 0.2) is 0 Å². The SMILES string of the molecule is CC(C)(Br)CC(N)=O. The fourth-order valence-electron chi connectivity index (χ4n) is 0.414. The highest BCUT2D eigenvalue weighted by molar-refractivity contribution is 9.10. The summed E-state index contributed by atoms with van der Waals surface area (Å²) in [6.45, 7) is 3.80. The number of nitrogens with two attached hydrogens (primary N) is 1. The van der Waals surface area contributed by atoms with E-state index in [9.17, 15) is 4.79 Å². The molecular formula is C5H10BrNO. The van der Waals surface area contributed by atoms with Crippen molar-refractivity contribution in [2.45, 2.75) is 24.6 Å². The Bertz CT molecular complexity index is 95.1. The second kappa shape index (κ2) is 2.49. The summed E-state index contributed by atoms with van der Waals surface area (Å²) in [6.07, 6.45) is 0.382. The zero-order chi connectivity index (χ0) is 6.78. The van der Waals surface area contributed by atoms with Gasteiger partial charge in [-0.2, -0.15) is 0 Å². The molecule has 0 aromatic carbocycles. The first kappa shape index (κ1) is 7.95. The molecule has 0 atom stereocenters. The first-order valence-corrected chi connectivity index (χ1v) is 3.18. The third kappa shape index (κ3) is 5.95. The van der Waals surface area contributed by atoms with Gasteiger partial charge >= 0.3 is 0 Å². The van der Waals surface area contributed by atoms with Crippen LogP contribution in [0, 0.1) is 0 Å². The van der Waals surface area contributed by atoms with Gasteiger partial charge in [0.2, 0.25) is 5.91 Å². The lowest BCUT2D eigenvalue weighted by atomic mass is 10.1. The Hall–Kier alpha value is -0.0500. The molecule has 0 aliphatic carbocycles. The number of rotatable bonds is 2. The van der Waals surface area contributed by atoms with Crippen LogP contribution in [0.15, 0.2) is 0 Å². The van der Waals surface area contributed by atoms with Gasteiger partial charge in [0.25, 0.3) is 0 Å². The summed E-state index contributed by atoms with van der Waals surface area (Å²) in [7, 11) is 0. The minimum Gasteiger partial charge on any atom is -0.370 e. The van der Waals surface area contributed by atoms with Gasteiger partial charge < -0.3 is 5.73 Å². The van der Waals surface area contributed by atoms with Gasteiger partial charge in [-0.05, 0) is 13.8 Å². The molecule has 0 aromatic heterocycles. The normalized spacial score (nSPS) is 11.4. The van der Waals surface area contributed by atoms with Crippen LogP contribution in [-0.4, -0.2) is 10.2 Å². The van der Waals surface area contributed by atoms with Crippen molar-refractivity contribution in [3.05, 3.63) is 0 Å². The fourth-order valence-corrected chi connectivity index (χ4v) is 0.691. The molecule has 0 heterocycles. The van der Waals surface area contributed by atoms with Crippen LogP contribution in [0.4, 0.5) is 0 Å². The second-order valence-electron chi connectivity index (χ2n) is 2.36. The topological polar surface area (TPSA) is 43.1 Å². The lowest BCUT2D eigenvalue weighted by Gasteiger charge is -2.11. The molecule has 0 aromatic rings. The van der Waals surface area contributed by atoms with Crippen LogP contribution in [0.2, 0.25) is 0 Å². The minimum atomic E-state index is -0.271. The average molecular weight is 180 g/mol. The van der Waals surface area contributed by atoms with Crippen molar-refractivity contribution < 1.29 is 4.79 Å². The molecule has 0 fully saturated rings. The number of halogens is 1. The van der Waals surface area contributed by atoms with Crippen LogP contribution in [0.5, 0.6) is 0 Å². The van der Waals surface area contributed by atoms with Gasteiger partial charge in [-0.25, -0.2) is 0 Å². The number of hydrogen-bond acceptors (Lipinski definition) is 1. The molecule has 8 heavy (non-hydrogen) atoms. The van der Waals surface area contributed by atoms with Gasteiger partial charge in [0.05, 0.1) is 0 Å². The molecule has 0 bridgehead atoms. The highest BCUT2D eigenvalue weighted by Crippen LogP contribution is 2.18. The van der Waals surface area contributed by atoms with Crippen molar-refractivity contribution in [2.75, 3.05) is 0 Å². The van der Waals surface area contributed by atoms with E-state index < -0.39 is 0 Å². The molecule has 2 nitrogen and oxygen atoms in total. The summed E-state index contributed by atoms with van der Waals surface area (Å²) < 4.78 is -0.140. The summed E-state index contributed by atoms with van der Waals surface area (Å²) in [5.74, 6) is -0.271. The zero-order valence-electron chi connectivity index (χ0n) is 5.07. The predicted molar refractivity (Wildman–Crippen MR) is 36.8 cm³/mol. The number of alkyl halides is 1. The molecule has 0 spiro atoms. The Morgan fingerprint density at radius 1 is 1.75 bits per heavy atom. The van der Waals surface area contributed by atoms with E-state index in [1.807, 2.05) is 13.8 Å².